The molecule has 0 saturated carbocycles. The molecule has 0 aliphatic carbocycles. The number of anilines is 1. The lowest BCUT2D eigenvalue weighted by atomic mass is 10.1. The van der Waals surface area contributed by atoms with Crippen molar-refractivity contribution in [3.8, 4) is 11.5 Å². The third kappa shape index (κ3) is 3.90. The molecule has 0 saturated heterocycles. The fraction of sp³-hybridized carbons (Fsp3) is 0.167. The first-order valence-electron chi connectivity index (χ1n) is 7.66. The molecule has 0 spiro atoms. The Kier molecular flexibility index (Phi) is 4.75. The van der Waals surface area contributed by atoms with Gasteiger partial charge in [0.1, 0.15) is 17.2 Å². The van der Waals surface area contributed by atoms with Gasteiger partial charge >= 0.3 is 6.36 Å². The first-order valence-corrected chi connectivity index (χ1v) is 7.66. The number of alkyl halides is 3. The van der Waals surface area contributed by atoms with Crippen LogP contribution >= 0.6 is 0 Å². The van der Waals surface area contributed by atoms with Crippen molar-refractivity contribution in [2.45, 2.75) is 12.8 Å². The third-order valence-corrected chi connectivity index (χ3v) is 3.71. The summed E-state index contributed by atoms with van der Waals surface area (Å²) in [7, 11) is 1.54. The van der Waals surface area contributed by atoms with Crippen LogP contribution in [0, 0.1) is 0 Å². The van der Waals surface area contributed by atoms with Gasteiger partial charge in [-0.3, -0.25) is 15.2 Å². The smallest absolute Gasteiger partial charge is 0.494 e. The second kappa shape index (κ2) is 6.99. The van der Waals surface area contributed by atoms with Crippen molar-refractivity contribution in [2.75, 3.05) is 12.1 Å². The quantitative estimate of drug-likeness (QED) is 0.896. The number of para-hydroxylation sites is 1. The van der Waals surface area contributed by atoms with Crippen molar-refractivity contribution in [2.24, 2.45) is 0 Å². The van der Waals surface area contributed by atoms with Gasteiger partial charge in [-0.1, -0.05) is 18.2 Å². The van der Waals surface area contributed by atoms with Gasteiger partial charge in [0.05, 0.1) is 7.11 Å². The highest BCUT2D eigenvalue weighted by Gasteiger charge is 2.31. The zero-order valence-corrected chi connectivity index (χ0v) is 13.7. The molecule has 26 heavy (non-hydrogen) atoms. The molecule has 2 aromatic carbocycles. The highest BCUT2D eigenvalue weighted by atomic mass is 19.4. The number of nitrogens with zero attached hydrogens (tertiary/aromatic N) is 1. The van der Waals surface area contributed by atoms with Crippen LogP contribution in [-0.4, -0.2) is 19.4 Å². The first kappa shape index (κ1) is 17.7. The van der Waals surface area contributed by atoms with Gasteiger partial charge in [-0.25, -0.2) is 0 Å². The highest BCUT2D eigenvalue weighted by Crippen LogP contribution is 2.34. The predicted molar refractivity (Wildman–Crippen MR) is 88.9 cm³/mol. The van der Waals surface area contributed by atoms with Crippen LogP contribution in [0.2, 0.25) is 0 Å². The van der Waals surface area contributed by atoms with Crippen LogP contribution in [0.5, 0.6) is 11.5 Å². The van der Waals surface area contributed by atoms with Crippen molar-refractivity contribution < 1.29 is 27.4 Å². The van der Waals surface area contributed by atoms with E-state index in [1.54, 1.807) is 12.3 Å². The Balaban J connectivity index is 1.77. The minimum absolute atomic E-state index is 0.190. The van der Waals surface area contributed by atoms with E-state index >= 15 is 0 Å². The SMILES string of the molecule is COc1cccc2c1N(NC(=O)c1ccc(OC(F)(F)F)cc1)C=CC2. The number of hydrazine groups is 1. The molecule has 5 nitrogen and oxygen atoms in total. The number of allylic oxidation sites excluding steroid dienone is 1. The second-order valence-electron chi connectivity index (χ2n) is 5.44. The number of methoxy groups -OCH3 is 1. The standard InChI is InChI=1S/C18H15F3N2O3/c1-25-15-6-2-4-12-5-3-11-23(16(12)15)22-17(24)13-7-9-14(10-8-13)26-18(19,20)21/h2-4,6-11H,5H2,1H3,(H,22,24). The third-order valence-electron chi connectivity index (χ3n) is 3.71. The largest absolute Gasteiger partial charge is 0.573 e. The number of carbonyl (C=O) groups is 1. The number of amides is 1. The lowest BCUT2D eigenvalue weighted by molar-refractivity contribution is -0.274. The zero-order valence-electron chi connectivity index (χ0n) is 13.7. The van der Waals surface area contributed by atoms with Gasteiger partial charge in [-0.15, -0.1) is 13.2 Å². The molecule has 0 atom stereocenters. The lowest BCUT2D eigenvalue weighted by Gasteiger charge is -2.28. The van der Waals surface area contributed by atoms with Crippen molar-refractivity contribution >= 4 is 11.6 Å². The van der Waals surface area contributed by atoms with Crippen molar-refractivity contribution in [3.63, 3.8) is 0 Å². The van der Waals surface area contributed by atoms with Gasteiger partial charge < -0.3 is 9.47 Å². The van der Waals surface area contributed by atoms with E-state index in [-0.39, 0.29) is 11.3 Å². The average molecular weight is 364 g/mol. The maximum absolute atomic E-state index is 12.4. The van der Waals surface area contributed by atoms with E-state index in [9.17, 15) is 18.0 Å². The Morgan fingerprint density at radius 2 is 1.88 bits per heavy atom. The molecule has 1 aliphatic heterocycles. The molecule has 8 heteroatoms. The number of nitrogens with one attached hydrogen (secondary N) is 1. The molecule has 136 valence electrons. The van der Waals surface area contributed by atoms with E-state index in [2.05, 4.69) is 10.2 Å². The summed E-state index contributed by atoms with van der Waals surface area (Å²) in [6, 6.07) is 10.2. The summed E-state index contributed by atoms with van der Waals surface area (Å²) < 4.78 is 45.7. The van der Waals surface area contributed by atoms with E-state index in [0.717, 1.165) is 17.7 Å². The van der Waals surface area contributed by atoms with Gasteiger partial charge in [0, 0.05) is 11.8 Å². The number of hydrogen-bond acceptors (Lipinski definition) is 4. The Morgan fingerprint density at radius 1 is 1.15 bits per heavy atom. The van der Waals surface area contributed by atoms with Crippen molar-refractivity contribution in [1.29, 1.82) is 0 Å². The summed E-state index contributed by atoms with van der Waals surface area (Å²) in [5, 5.41) is 1.53. The summed E-state index contributed by atoms with van der Waals surface area (Å²) >= 11 is 0. The summed E-state index contributed by atoms with van der Waals surface area (Å²) in [5.41, 5.74) is 4.57. The van der Waals surface area contributed by atoms with Crippen LogP contribution in [0.25, 0.3) is 0 Å². The van der Waals surface area contributed by atoms with Crippen LogP contribution in [0.15, 0.2) is 54.7 Å². The van der Waals surface area contributed by atoms with Gasteiger partial charge in [0.25, 0.3) is 5.91 Å². The fourth-order valence-electron chi connectivity index (χ4n) is 2.61. The fourth-order valence-corrected chi connectivity index (χ4v) is 2.61. The van der Waals surface area contributed by atoms with Gasteiger partial charge in [0.2, 0.25) is 0 Å². The molecule has 3 rings (SSSR count). The topological polar surface area (TPSA) is 50.8 Å². The van der Waals surface area contributed by atoms with E-state index in [1.807, 2.05) is 18.2 Å². The van der Waals surface area contributed by atoms with E-state index in [0.29, 0.717) is 17.9 Å². The number of benzene rings is 2. The second-order valence-corrected chi connectivity index (χ2v) is 5.44. The van der Waals surface area contributed by atoms with Crippen molar-refractivity contribution in [3.05, 3.63) is 65.9 Å². The normalized spacial score (nSPS) is 13.2. The summed E-state index contributed by atoms with van der Waals surface area (Å²) in [6.45, 7) is 0. The molecule has 0 aromatic heterocycles. The summed E-state index contributed by atoms with van der Waals surface area (Å²) in [5.74, 6) is -0.271. The Bertz CT molecular complexity index is 833. The van der Waals surface area contributed by atoms with Crippen LogP contribution in [-0.2, 0) is 6.42 Å². The molecule has 1 heterocycles. The minimum Gasteiger partial charge on any atom is -0.494 e. The van der Waals surface area contributed by atoms with Crippen LogP contribution in [0.1, 0.15) is 15.9 Å². The molecular weight excluding hydrogens is 349 g/mol. The van der Waals surface area contributed by atoms with E-state index < -0.39 is 12.3 Å². The average Bonchev–Trinajstić information content (AvgIpc) is 2.60. The molecule has 0 radical (unpaired) electrons. The molecule has 2 aromatic rings. The van der Waals surface area contributed by atoms with Gasteiger partial charge in [-0.2, -0.15) is 0 Å². The molecule has 1 N–H and O–H groups in total. The maximum atomic E-state index is 12.4. The number of halogens is 3. The Hall–Kier alpha value is -3.16. The maximum Gasteiger partial charge on any atom is 0.573 e. The molecular formula is C18H15F3N2O3. The van der Waals surface area contributed by atoms with Crippen LogP contribution in [0.4, 0.5) is 18.9 Å². The minimum atomic E-state index is -4.78. The molecule has 1 amide bonds. The number of rotatable bonds is 4. The van der Waals surface area contributed by atoms with Crippen molar-refractivity contribution in [1.82, 2.24) is 5.43 Å². The van der Waals surface area contributed by atoms with Crippen LogP contribution < -0.4 is 19.9 Å². The number of fused-ring (bicyclic) bond motifs is 1. The number of hydrogen-bond donors (Lipinski definition) is 1. The summed E-state index contributed by atoms with van der Waals surface area (Å²) in [6.07, 6.45) is -0.503. The molecule has 0 bridgehead atoms. The Morgan fingerprint density at radius 3 is 2.54 bits per heavy atom. The lowest BCUT2D eigenvalue weighted by Crippen LogP contribution is -2.40. The van der Waals surface area contributed by atoms with Gasteiger partial charge in [-0.05, 0) is 42.3 Å². The Labute approximate surface area is 147 Å². The number of carbonyl (C=O) groups excluding carboxylic acids is 1. The molecule has 0 unspecified atom stereocenters. The first-order chi connectivity index (χ1) is 12.4. The summed E-state index contributed by atoms with van der Waals surface area (Å²) in [4.78, 5) is 12.4. The number of ether oxygens (including phenoxy) is 2. The van der Waals surface area contributed by atoms with E-state index in [4.69, 9.17) is 4.74 Å². The predicted octanol–water partition coefficient (Wildman–Crippen LogP) is 3.82. The van der Waals surface area contributed by atoms with Gasteiger partial charge in [0.15, 0.2) is 0 Å². The molecule has 1 aliphatic rings. The monoisotopic (exact) mass is 364 g/mol. The molecule has 0 fully saturated rings. The highest BCUT2D eigenvalue weighted by molar-refractivity contribution is 5.95. The van der Waals surface area contributed by atoms with Crippen LogP contribution in [0.3, 0.4) is 0 Å². The van der Waals surface area contributed by atoms with E-state index in [1.165, 1.54) is 24.3 Å². The zero-order chi connectivity index (χ0) is 18.7.